The third-order valence-electron chi connectivity index (χ3n) is 2.24. The zero-order chi connectivity index (χ0) is 11.4. The summed E-state index contributed by atoms with van der Waals surface area (Å²) >= 11 is 7.46. The van der Waals surface area contributed by atoms with Crippen LogP contribution in [0.1, 0.15) is 10.4 Å². The Hall–Kier alpha value is -1.03. The molecular formula is C12H13ClN2S. The van der Waals surface area contributed by atoms with E-state index in [2.05, 4.69) is 5.32 Å². The lowest BCUT2D eigenvalue weighted by molar-refractivity contribution is 0.701. The summed E-state index contributed by atoms with van der Waals surface area (Å²) in [6.07, 6.45) is 0. The van der Waals surface area contributed by atoms with Crippen LogP contribution in [0.4, 0.5) is 5.69 Å². The van der Waals surface area contributed by atoms with E-state index in [-0.39, 0.29) is 0 Å². The Morgan fingerprint density at radius 2 is 1.81 bits per heavy atom. The van der Waals surface area contributed by atoms with Crippen molar-refractivity contribution in [2.24, 2.45) is 0 Å². The number of rotatable bonds is 4. The summed E-state index contributed by atoms with van der Waals surface area (Å²) in [4.78, 5) is 1.25. The average Bonchev–Trinajstić information content (AvgIpc) is 2.67. The first-order chi connectivity index (χ1) is 7.74. The van der Waals surface area contributed by atoms with Gasteiger partial charge >= 0.3 is 0 Å². The van der Waals surface area contributed by atoms with E-state index in [0.29, 0.717) is 0 Å². The fraction of sp³-hybridized carbons (Fsp3) is 0.167. The van der Waals surface area contributed by atoms with Gasteiger partial charge in [0.05, 0.1) is 4.34 Å². The second kappa shape index (κ2) is 5.34. The van der Waals surface area contributed by atoms with E-state index >= 15 is 0 Å². The van der Waals surface area contributed by atoms with Gasteiger partial charge in [-0.1, -0.05) is 23.7 Å². The Morgan fingerprint density at radius 1 is 1.06 bits per heavy atom. The van der Waals surface area contributed by atoms with E-state index < -0.39 is 0 Å². The molecule has 0 aliphatic carbocycles. The second-order valence-corrected chi connectivity index (χ2v) is 5.35. The van der Waals surface area contributed by atoms with E-state index in [9.17, 15) is 0 Å². The van der Waals surface area contributed by atoms with Crippen LogP contribution in [0.3, 0.4) is 0 Å². The molecule has 0 radical (unpaired) electrons. The molecule has 84 valence electrons. The van der Waals surface area contributed by atoms with E-state index in [1.807, 2.05) is 36.4 Å². The van der Waals surface area contributed by atoms with Gasteiger partial charge < -0.3 is 11.1 Å². The van der Waals surface area contributed by atoms with Gasteiger partial charge in [-0.25, -0.2) is 0 Å². The number of anilines is 1. The number of benzene rings is 1. The molecule has 0 bridgehead atoms. The predicted octanol–water partition coefficient (Wildman–Crippen LogP) is 3.27. The zero-order valence-electron chi connectivity index (χ0n) is 8.74. The molecule has 1 heterocycles. The molecule has 0 atom stereocenters. The van der Waals surface area contributed by atoms with Crippen molar-refractivity contribution < 1.29 is 0 Å². The molecule has 0 fully saturated rings. The summed E-state index contributed by atoms with van der Waals surface area (Å²) in [7, 11) is 0. The quantitative estimate of drug-likeness (QED) is 0.820. The molecule has 0 aliphatic heterocycles. The van der Waals surface area contributed by atoms with Crippen molar-refractivity contribution in [3.63, 3.8) is 0 Å². The Labute approximate surface area is 104 Å². The number of nitrogen functional groups attached to an aromatic ring is 1. The highest BCUT2D eigenvalue weighted by atomic mass is 35.5. The van der Waals surface area contributed by atoms with Gasteiger partial charge in [-0.15, -0.1) is 11.3 Å². The molecular weight excluding hydrogens is 240 g/mol. The largest absolute Gasteiger partial charge is 0.399 e. The summed E-state index contributed by atoms with van der Waals surface area (Å²) in [6.45, 7) is 1.69. The number of nitrogens with one attached hydrogen (secondary N) is 1. The fourth-order valence-electron chi connectivity index (χ4n) is 1.41. The summed E-state index contributed by atoms with van der Waals surface area (Å²) in [5, 5.41) is 3.36. The first-order valence-corrected chi connectivity index (χ1v) is 6.23. The lowest BCUT2D eigenvalue weighted by atomic mass is 10.2. The fourth-order valence-corrected chi connectivity index (χ4v) is 2.47. The number of hydrogen-bond acceptors (Lipinski definition) is 3. The molecule has 1 aromatic heterocycles. The minimum atomic E-state index is 0.800. The van der Waals surface area contributed by atoms with E-state index in [1.54, 1.807) is 11.3 Å². The minimum absolute atomic E-state index is 0.800. The molecule has 0 unspecified atom stereocenters. The lowest BCUT2D eigenvalue weighted by Crippen LogP contribution is -2.11. The van der Waals surface area contributed by atoms with Gasteiger partial charge in [-0.05, 0) is 29.8 Å². The second-order valence-electron chi connectivity index (χ2n) is 3.55. The molecule has 0 amide bonds. The molecule has 2 nitrogen and oxygen atoms in total. The van der Waals surface area contributed by atoms with E-state index in [4.69, 9.17) is 17.3 Å². The summed E-state index contributed by atoms with van der Waals surface area (Å²) in [6, 6.07) is 11.9. The van der Waals surface area contributed by atoms with Crippen LogP contribution >= 0.6 is 22.9 Å². The monoisotopic (exact) mass is 252 g/mol. The van der Waals surface area contributed by atoms with Gasteiger partial charge in [0.2, 0.25) is 0 Å². The van der Waals surface area contributed by atoms with Gasteiger partial charge in [0.15, 0.2) is 0 Å². The van der Waals surface area contributed by atoms with Crippen LogP contribution in [0.5, 0.6) is 0 Å². The molecule has 1 aromatic carbocycles. The van der Waals surface area contributed by atoms with Crippen LogP contribution in [0, 0.1) is 0 Å². The SMILES string of the molecule is Nc1ccc(CNCc2ccc(Cl)s2)cc1. The molecule has 0 aliphatic rings. The molecule has 4 heteroatoms. The number of hydrogen-bond donors (Lipinski definition) is 2. The van der Waals surface area contributed by atoms with Crippen molar-refractivity contribution >= 4 is 28.6 Å². The van der Waals surface area contributed by atoms with Crippen LogP contribution in [-0.4, -0.2) is 0 Å². The molecule has 2 aromatic rings. The molecule has 16 heavy (non-hydrogen) atoms. The zero-order valence-corrected chi connectivity index (χ0v) is 10.3. The van der Waals surface area contributed by atoms with Crippen LogP contribution in [0.15, 0.2) is 36.4 Å². The van der Waals surface area contributed by atoms with Gasteiger partial charge in [-0.3, -0.25) is 0 Å². The smallest absolute Gasteiger partial charge is 0.0931 e. The maximum atomic E-state index is 5.85. The first-order valence-electron chi connectivity index (χ1n) is 5.03. The van der Waals surface area contributed by atoms with Gasteiger partial charge in [-0.2, -0.15) is 0 Å². The highest BCUT2D eigenvalue weighted by Gasteiger charge is 1.97. The van der Waals surface area contributed by atoms with Crippen molar-refractivity contribution in [2.75, 3.05) is 5.73 Å². The van der Waals surface area contributed by atoms with Crippen LogP contribution in [0.25, 0.3) is 0 Å². The van der Waals surface area contributed by atoms with Crippen molar-refractivity contribution in [1.82, 2.24) is 5.32 Å². The Bertz CT molecular complexity index is 450. The normalized spacial score (nSPS) is 10.6. The summed E-state index contributed by atoms with van der Waals surface area (Å²) in [5.41, 5.74) is 7.65. The third-order valence-corrected chi connectivity index (χ3v) is 3.47. The highest BCUT2D eigenvalue weighted by Crippen LogP contribution is 2.21. The van der Waals surface area contributed by atoms with E-state index in [0.717, 1.165) is 23.1 Å². The van der Waals surface area contributed by atoms with Crippen molar-refractivity contribution in [3.05, 3.63) is 51.2 Å². The number of nitrogens with two attached hydrogens (primary N) is 1. The van der Waals surface area contributed by atoms with Gasteiger partial charge in [0.1, 0.15) is 0 Å². The standard InChI is InChI=1S/C12H13ClN2S/c13-12-6-5-11(16-12)8-15-7-9-1-3-10(14)4-2-9/h1-6,15H,7-8,14H2. The Kier molecular flexibility index (Phi) is 3.83. The average molecular weight is 253 g/mol. The van der Waals surface area contributed by atoms with Crippen LogP contribution in [0.2, 0.25) is 4.34 Å². The molecule has 0 saturated heterocycles. The maximum absolute atomic E-state index is 5.85. The molecule has 2 rings (SSSR count). The predicted molar refractivity (Wildman–Crippen MR) is 70.7 cm³/mol. The van der Waals surface area contributed by atoms with Gasteiger partial charge in [0.25, 0.3) is 0 Å². The minimum Gasteiger partial charge on any atom is -0.399 e. The topological polar surface area (TPSA) is 38.0 Å². The number of halogens is 1. The Morgan fingerprint density at radius 3 is 2.44 bits per heavy atom. The molecule has 0 spiro atoms. The highest BCUT2D eigenvalue weighted by molar-refractivity contribution is 7.16. The molecule has 3 N–H and O–H groups in total. The first kappa shape index (κ1) is 11.5. The Balaban J connectivity index is 1.82. The van der Waals surface area contributed by atoms with Crippen molar-refractivity contribution in [2.45, 2.75) is 13.1 Å². The van der Waals surface area contributed by atoms with Crippen molar-refractivity contribution in [3.8, 4) is 0 Å². The summed E-state index contributed by atoms with van der Waals surface area (Å²) in [5.74, 6) is 0. The van der Waals surface area contributed by atoms with Crippen LogP contribution < -0.4 is 11.1 Å². The number of thiophene rings is 1. The van der Waals surface area contributed by atoms with Gasteiger partial charge in [0, 0.05) is 23.7 Å². The lowest BCUT2D eigenvalue weighted by Gasteiger charge is -2.03. The third kappa shape index (κ3) is 3.23. The summed E-state index contributed by atoms with van der Waals surface area (Å²) < 4.78 is 0.837. The maximum Gasteiger partial charge on any atom is 0.0931 e. The van der Waals surface area contributed by atoms with Crippen LogP contribution in [-0.2, 0) is 13.1 Å². The molecule has 0 saturated carbocycles. The van der Waals surface area contributed by atoms with Crippen molar-refractivity contribution in [1.29, 1.82) is 0 Å². The van der Waals surface area contributed by atoms with E-state index in [1.165, 1.54) is 10.4 Å².